The lowest BCUT2D eigenvalue weighted by atomic mass is 9.95. The molecule has 19 heavy (non-hydrogen) atoms. The first-order valence-corrected chi connectivity index (χ1v) is 6.99. The van der Waals surface area contributed by atoms with E-state index in [0.29, 0.717) is 10.5 Å². The zero-order valence-corrected chi connectivity index (χ0v) is 11.2. The van der Waals surface area contributed by atoms with Gasteiger partial charge in [0, 0.05) is 11.1 Å². The van der Waals surface area contributed by atoms with Crippen LogP contribution in [0.4, 0.5) is 0 Å². The number of nitrogens with zero attached hydrogens (tertiary/aromatic N) is 1. The molecule has 0 atom stereocenters. The molecule has 3 rings (SSSR count). The molecule has 0 bridgehead atoms. The maximum Gasteiger partial charge on any atom is 0.316 e. The molecule has 5 heteroatoms. The van der Waals surface area contributed by atoms with Gasteiger partial charge in [0.25, 0.3) is 0 Å². The van der Waals surface area contributed by atoms with Crippen LogP contribution in [0.25, 0.3) is 11.0 Å². The normalized spacial score (nSPS) is 16.9. The second-order valence-electron chi connectivity index (χ2n) is 5.08. The number of rotatable bonds is 1. The molecule has 1 aliphatic rings. The molecule has 0 radical (unpaired) electrons. The van der Waals surface area contributed by atoms with Crippen molar-refractivity contribution in [2.24, 2.45) is 0 Å². The zero-order valence-electron chi connectivity index (χ0n) is 10.5. The minimum Gasteiger partial charge on any atom is -0.316 e. The molecule has 1 aromatic carbocycles. The van der Waals surface area contributed by atoms with Gasteiger partial charge >= 0.3 is 11.1 Å². The van der Waals surface area contributed by atoms with Crippen LogP contribution in [0, 0.1) is 0 Å². The Morgan fingerprint density at radius 1 is 1.16 bits per heavy atom. The topological polar surface area (TPSA) is 54.9 Å². The third-order valence-electron chi connectivity index (χ3n) is 3.82. The van der Waals surface area contributed by atoms with Crippen molar-refractivity contribution < 1.29 is 0 Å². The van der Waals surface area contributed by atoms with E-state index in [4.69, 9.17) is 11.6 Å². The molecule has 1 heterocycles. The molecule has 4 nitrogen and oxygen atoms in total. The van der Waals surface area contributed by atoms with Gasteiger partial charge in [-0.25, -0.2) is 0 Å². The van der Waals surface area contributed by atoms with Crippen LogP contribution in [0.2, 0.25) is 5.02 Å². The molecule has 0 aliphatic heterocycles. The van der Waals surface area contributed by atoms with Crippen LogP contribution < -0.4 is 11.1 Å². The summed E-state index contributed by atoms with van der Waals surface area (Å²) in [6, 6.07) is 5.33. The second-order valence-corrected chi connectivity index (χ2v) is 5.52. The van der Waals surface area contributed by atoms with Crippen LogP contribution in [0.15, 0.2) is 27.8 Å². The Morgan fingerprint density at radius 3 is 2.63 bits per heavy atom. The summed E-state index contributed by atoms with van der Waals surface area (Å²) in [5, 5.41) is 0.573. The molecule has 1 saturated carbocycles. The van der Waals surface area contributed by atoms with Gasteiger partial charge in [-0.05, 0) is 31.0 Å². The smallest absolute Gasteiger partial charge is 0.316 e. The lowest BCUT2D eigenvalue weighted by Crippen LogP contribution is -2.38. The van der Waals surface area contributed by atoms with E-state index in [2.05, 4.69) is 4.98 Å². The van der Waals surface area contributed by atoms with Crippen LogP contribution in [0.1, 0.15) is 38.1 Å². The van der Waals surface area contributed by atoms with E-state index < -0.39 is 11.1 Å². The molecule has 1 aliphatic carbocycles. The number of benzene rings is 1. The van der Waals surface area contributed by atoms with Crippen molar-refractivity contribution in [2.75, 3.05) is 0 Å². The van der Waals surface area contributed by atoms with Crippen LogP contribution in [-0.2, 0) is 0 Å². The Hall–Kier alpha value is -1.55. The summed E-state index contributed by atoms with van der Waals surface area (Å²) in [5.41, 5.74) is 0.366. The standard InChI is InChI=1S/C14H15ClN2O2/c15-9-6-7-11-12(8-9)17(14(19)13(18)16-11)10-4-2-1-3-5-10/h6-8,10H,1-5H2,(H,16,18). The van der Waals surface area contributed by atoms with Crippen LogP contribution in [0.3, 0.4) is 0 Å². The molecule has 1 aromatic heterocycles. The average Bonchev–Trinajstić information content (AvgIpc) is 2.42. The summed E-state index contributed by atoms with van der Waals surface area (Å²) in [6.45, 7) is 0. The number of hydrogen-bond acceptors (Lipinski definition) is 2. The average molecular weight is 279 g/mol. The summed E-state index contributed by atoms with van der Waals surface area (Å²) in [4.78, 5) is 26.5. The predicted octanol–water partition coefficient (Wildman–Crippen LogP) is 2.85. The minimum absolute atomic E-state index is 0.115. The third-order valence-corrected chi connectivity index (χ3v) is 4.06. The van der Waals surface area contributed by atoms with Crippen molar-refractivity contribution in [3.8, 4) is 0 Å². The highest BCUT2D eigenvalue weighted by atomic mass is 35.5. The summed E-state index contributed by atoms with van der Waals surface area (Å²) >= 11 is 6.01. The molecule has 0 spiro atoms. The van der Waals surface area contributed by atoms with Gasteiger partial charge in [-0.15, -0.1) is 0 Å². The number of aromatic nitrogens is 2. The molecular weight excluding hydrogens is 264 g/mol. The van der Waals surface area contributed by atoms with Crippen molar-refractivity contribution in [3.63, 3.8) is 0 Å². The first-order chi connectivity index (χ1) is 9.16. The summed E-state index contributed by atoms with van der Waals surface area (Å²) in [6.07, 6.45) is 5.31. The highest BCUT2D eigenvalue weighted by Crippen LogP contribution is 2.29. The van der Waals surface area contributed by atoms with Crippen molar-refractivity contribution >= 4 is 22.6 Å². The minimum atomic E-state index is -0.555. The van der Waals surface area contributed by atoms with Crippen molar-refractivity contribution in [2.45, 2.75) is 38.1 Å². The highest BCUT2D eigenvalue weighted by Gasteiger charge is 2.19. The van der Waals surface area contributed by atoms with E-state index in [0.717, 1.165) is 31.2 Å². The third kappa shape index (κ3) is 2.21. The Kier molecular flexibility index (Phi) is 3.19. The van der Waals surface area contributed by atoms with E-state index >= 15 is 0 Å². The van der Waals surface area contributed by atoms with E-state index in [1.165, 1.54) is 6.42 Å². The van der Waals surface area contributed by atoms with E-state index in [1.807, 2.05) is 0 Å². The van der Waals surface area contributed by atoms with Gasteiger partial charge in [0.2, 0.25) is 0 Å². The lowest BCUT2D eigenvalue weighted by molar-refractivity contribution is 0.352. The van der Waals surface area contributed by atoms with Crippen molar-refractivity contribution in [3.05, 3.63) is 43.9 Å². The van der Waals surface area contributed by atoms with Gasteiger partial charge in [0.1, 0.15) is 0 Å². The largest absolute Gasteiger partial charge is 0.316 e. The van der Waals surface area contributed by atoms with E-state index in [1.54, 1.807) is 22.8 Å². The van der Waals surface area contributed by atoms with E-state index in [9.17, 15) is 9.59 Å². The van der Waals surface area contributed by atoms with E-state index in [-0.39, 0.29) is 6.04 Å². The van der Waals surface area contributed by atoms with Gasteiger partial charge in [-0.1, -0.05) is 30.9 Å². The molecule has 0 amide bonds. The zero-order chi connectivity index (χ0) is 13.4. The lowest BCUT2D eigenvalue weighted by Gasteiger charge is -2.25. The summed E-state index contributed by atoms with van der Waals surface area (Å²) in [7, 11) is 0. The number of halogens is 1. The van der Waals surface area contributed by atoms with Gasteiger partial charge in [-0.2, -0.15) is 0 Å². The molecular formula is C14H15ClN2O2. The number of hydrogen-bond donors (Lipinski definition) is 1. The molecule has 1 fully saturated rings. The van der Waals surface area contributed by atoms with Gasteiger partial charge in [0.15, 0.2) is 0 Å². The highest BCUT2D eigenvalue weighted by molar-refractivity contribution is 6.31. The summed E-state index contributed by atoms with van der Waals surface area (Å²) < 4.78 is 1.64. The predicted molar refractivity (Wildman–Crippen MR) is 76.0 cm³/mol. The Bertz CT molecular complexity index is 726. The quantitative estimate of drug-likeness (QED) is 0.816. The number of fused-ring (bicyclic) bond motifs is 1. The molecule has 0 unspecified atom stereocenters. The van der Waals surface area contributed by atoms with Crippen molar-refractivity contribution in [1.82, 2.24) is 9.55 Å². The van der Waals surface area contributed by atoms with Crippen LogP contribution in [0.5, 0.6) is 0 Å². The second kappa shape index (κ2) is 4.85. The van der Waals surface area contributed by atoms with Crippen molar-refractivity contribution in [1.29, 1.82) is 0 Å². The molecule has 1 N–H and O–H groups in total. The summed E-state index contributed by atoms with van der Waals surface area (Å²) in [5.74, 6) is 0. The fraction of sp³-hybridized carbons (Fsp3) is 0.429. The fourth-order valence-electron chi connectivity index (χ4n) is 2.91. The van der Waals surface area contributed by atoms with Gasteiger partial charge in [-0.3, -0.25) is 14.2 Å². The Morgan fingerprint density at radius 2 is 1.89 bits per heavy atom. The fourth-order valence-corrected chi connectivity index (χ4v) is 3.07. The van der Waals surface area contributed by atoms with Crippen LogP contribution >= 0.6 is 11.6 Å². The monoisotopic (exact) mass is 278 g/mol. The first kappa shape index (κ1) is 12.5. The molecule has 0 saturated heterocycles. The molecule has 100 valence electrons. The Labute approximate surface area is 115 Å². The molecule has 2 aromatic rings. The number of aromatic amines is 1. The SMILES string of the molecule is O=c1[nH]c2ccc(Cl)cc2n(C2CCCCC2)c1=O. The van der Waals surface area contributed by atoms with Gasteiger partial charge < -0.3 is 4.98 Å². The maximum absolute atomic E-state index is 12.2. The van der Waals surface area contributed by atoms with Crippen LogP contribution in [-0.4, -0.2) is 9.55 Å². The Balaban J connectivity index is 2.30. The first-order valence-electron chi connectivity index (χ1n) is 6.61. The number of nitrogens with one attached hydrogen (secondary N) is 1. The van der Waals surface area contributed by atoms with Gasteiger partial charge in [0.05, 0.1) is 11.0 Å². The maximum atomic E-state index is 12.2. The number of H-pyrrole nitrogens is 1.